The Kier molecular flexibility index (Phi) is 3.92. The van der Waals surface area contributed by atoms with Gasteiger partial charge in [-0.1, -0.05) is 25.7 Å². The lowest BCUT2D eigenvalue weighted by atomic mass is 9.95. The van der Waals surface area contributed by atoms with E-state index in [0.29, 0.717) is 5.92 Å². The Morgan fingerprint density at radius 1 is 1.14 bits per heavy atom. The topological polar surface area (TPSA) is 74.6 Å². The van der Waals surface area contributed by atoms with E-state index < -0.39 is 17.9 Å². The minimum atomic E-state index is -1.21. The van der Waals surface area contributed by atoms with Crippen LogP contribution in [-0.4, -0.2) is 22.2 Å². The van der Waals surface area contributed by atoms with Gasteiger partial charge in [0.25, 0.3) is 0 Å². The van der Waals surface area contributed by atoms with Gasteiger partial charge in [0.2, 0.25) is 0 Å². The maximum atomic E-state index is 10.6. The minimum absolute atomic E-state index is 0.273. The number of hydrogen-bond donors (Lipinski definition) is 2. The quantitative estimate of drug-likeness (QED) is 0.663. The summed E-state index contributed by atoms with van der Waals surface area (Å²) in [6, 6.07) is 0. The van der Waals surface area contributed by atoms with E-state index in [-0.39, 0.29) is 6.42 Å². The van der Waals surface area contributed by atoms with Crippen LogP contribution in [0.3, 0.4) is 0 Å². The number of carbonyl (C=O) groups is 2. The molecule has 0 saturated heterocycles. The highest BCUT2D eigenvalue weighted by Crippen LogP contribution is 2.29. The van der Waals surface area contributed by atoms with Crippen LogP contribution in [0.5, 0.6) is 0 Å². The van der Waals surface area contributed by atoms with Gasteiger partial charge in [-0.2, -0.15) is 0 Å². The van der Waals surface area contributed by atoms with Crippen LogP contribution < -0.4 is 0 Å². The summed E-state index contributed by atoms with van der Waals surface area (Å²) >= 11 is 0. The Morgan fingerprint density at radius 2 is 1.64 bits per heavy atom. The van der Waals surface area contributed by atoms with Crippen LogP contribution in [-0.2, 0) is 9.59 Å². The van der Waals surface area contributed by atoms with Crippen LogP contribution in [0.15, 0.2) is 0 Å². The van der Waals surface area contributed by atoms with E-state index in [4.69, 9.17) is 10.2 Å². The average Bonchev–Trinajstić information content (AvgIpc) is 2.55. The normalized spacial score (nSPS) is 17.5. The molecule has 1 aliphatic rings. The van der Waals surface area contributed by atoms with E-state index in [2.05, 4.69) is 0 Å². The summed E-state index contributed by atoms with van der Waals surface area (Å²) in [5.74, 6) is -3.09. The second-order valence-corrected chi connectivity index (χ2v) is 3.96. The van der Waals surface area contributed by atoms with Crippen LogP contribution in [0.4, 0.5) is 0 Å². The van der Waals surface area contributed by atoms with Gasteiger partial charge in [0.1, 0.15) is 0 Å². The molecule has 1 rings (SSSR count). The largest absolute Gasteiger partial charge is 0.481 e. The molecule has 0 atom stereocenters. The van der Waals surface area contributed by atoms with Gasteiger partial charge in [0.05, 0.1) is 0 Å². The Bertz CT molecular complexity index is 204. The molecule has 80 valence electrons. The van der Waals surface area contributed by atoms with Crippen LogP contribution in [0, 0.1) is 11.8 Å². The maximum Gasteiger partial charge on any atom is 0.317 e. The lowest BCUT2D eigenvalue weighted by Crippen LogP contribution is -2.23. The van der Waals surface area contributed by atoms with Gasteiger partial charge in [-0.25, -0.2) is 0 Å². The first-order valence-electron chi connectivity index (χ1n) is 5.07. The zero-order valence-electron chi connectivity index (χ0n) is 8.11. The highest BCUT2D eigenvalue weighted by Gasteiger charge is 2.27. The predicted octanol–water partition coefficient (Wildman–Crippen LogP) is 1.74. The van der Waals surface area contributed by atoms with Gasteiger partial charge in [0.15, 0.2) is 5.92 Å². The summed E-state index contributed by atoms with van der Waals surface area (Å²) in [6.45, 7) is 0. The monoisotopic (exact) mass is 200 g/mol. The molecule has 4 heteroatoms. The molecular weight excluding hydrogens is 184 g/mol. The van der Waals surface area contributed by atoms with Gasteiger partial charge >= 0.3 is 11.9 Å². The predicted molar refractivity (Wildman–Crippen MR) is 50.0 cm³/mol. The summed E-state index contributed by atoms with van der Waals surface area (Å²) in [5.41, 5.74) is 0. The van der Waals surface area contributed by atoms with Gasteiger partial charge in [-0.3, -0.25) is 9.59 Å². The van der Waals surface area contributed by atoms with Gasteiger partial charge in [-0.15, -0.1) is 0 Å². The average molecular weight is 200 g/mol. The standard InChI is InChI=1S/C10H16O4/c11-9(12)8(10(13)14)6-5-7-3-1-2-4-7/h7-8H,1-6H2,(H,11,12)(H,13,14). The molecule has 2 N–H and O–H groups in total. The van der Waals surface area contributed by atoms with Crippen molar-refractivity contribution in [2.45, 2.75) is 38.5 Å². The van der Waals surface area contributed by atoms with E-state index >= 15 is 0 Å². The second-order valence-electron chi connectivity index (χ2n) is 3.96. The number of hydrogen-bond acceptors (Lipinski definition) is 2. The van der Waals surface area contributed by atoms with Crippen LogP contribution >= 0.6 is 0 Å². The first-order valence-corrected chi connectivity index (χ1v) is 5.07. The van der Waals surface area contributed by atoms with Crippen molar-refractivity contribution in [1.82, 2.24) is 0 Å². The fourth-order valence-electron chi connectivity index (χ4n) is 2.05. The lowest BCUT2D eigenvalue weighted by molar-refractivity contribution is -0.154. The molecule has 0 amide bonds. The van der Waals surface area contributed by atoms with Gasteiger partial charge in [0, 0.05) is 0 Å². The van der Waals surface area contributed by atoms with Crippen molar-refractivity contribution in [3.63, 3.8) is 0 Å². The molecule has 0 bridgehead atoms. The Morgan fingerprint density at radius 3 is 2.07 bits per heavy atom. The Balaban J connectivity index is 2.32. The fourth-order valence-corrected chi connectivity index (χ4v) is 2.05. The van der Waals surface area contributed by atoms with E-state index in [0.717, 1.165) is 19.3 Å². The number of aliphatic carboxylic acids is 2. The fraction of sp³-hybridized carbons (Fsp3) is 0.800. The molecule has 0 aromatic heterocycles. The first-order chi connectivity index (χ1) is 6.61. The van der Waals surface area contributed by atoms with Crippen molar-refractivity contribution in [3.05, 3.63) is 0 Å². The van der Waals surface area contributed by atoms with Crippen molar-refractivity contribution in [1.29, 1.82) is 0 Å². The van der Waals surface area contributed by atoms with Crippen LogP contribution in [0.25, 0.3) is 0 Å². The van der Waals surface area contributed by atoms with Crippen molar-refractivity contribution < 1.29 is 19.8 Å². The molecule has 0 unspecified atom stereocenters. The summed E-state index contributed by atoms with van der Waals surface area (Å²) in [7, 11) is 0. The summed E-state index contributed by atoms with van der Waals surface area (Å²) in [4.78, 5) is 21.1. The van der Waals surface area contributed by atoms with Crippen molar-refractivity contribution in [3.8, 4) is 0 Å². The molecule has 0 heterocycles. The molecule has 1 fully saturated rings. The summed E-state index contributed by atoms with van der Waals surface area (Å²) in [6.07, 6.45) is 5.68. The summed E-state index contributed by atoms with van der Waals surface area (Å²) < 4.78 is 0. The SMILES string of the molecule is O=C(O)C(CCC1CCCC1)C(=O)O. The highest BCUT2D eigenvalue weighted by molar-refractivity contribution is 5.92. The van der Waals surface area contributed by atoms with Crippen LogP contribution in [0.2, 0.25) is 0 Å². The second kappa shape index (κ2) is 4.98. The van der Waals surface area contributed by atoms with E-state index in [1.165, 1.54) is 12.8 Å². The molecule has 14 heavy (non-hydrogen) atoms. The van der Waals surface area contributed by atoms with Crippen LogP contribution in [0.1, 0.15) is 38.5 Å². The zero-order valence-corrected chi connectivity index (χ0v) is 8.11. The molecule has 1 aliphatic carbocycles. The molecule has 0 spiro atoms. The molecule has 0 aromatic carbocycles. The molecule has 1 saturated carbocycles. The first kappa shape index (κ1) is 11.0. The third-order valence-electron chi connectivity index (χ3n) is 2.93. The van der Waals surface area contributed by atoms with Gasteiger partial charge in [-0.05, 0) is 18.8 Å². The lowest BCUT2D eigenvalue weighted by Gasteiger charge is -2.11. The van der Waals surface area contributed by atoms with Crippen molar-refractivity contribution in [2.75, 3.05) is 0 Å². The maximum absolute atomic E-state index is 10.6. The molecule has 0 radical (unpaired) electrons. The third kappa shape index (κ3) is 3.01. The van der Waals surface area contributed by atoms with Gasteiger partial charge < -0.3 is 10.2 Å². The van der Waals surface area contributed by atoms with E-state index in [9.17, 15) is 9.59 Å². The third-order valence-corrected chi connectivity index (χ3v) is 2.93. The highest BCUT2D eigenvalue weighted by atomic mass is 16.4. The molecule has 0 aromatic rings. The Hall–Kier alpha value is -1.06. The zero-order chi connectivity index (χ0) is 10.6. The number of rotatable bonds is 5. The minimum Gasteiger partial charge on any atom is -0.481 e. The molecule has 4 nitrogen and oxygen atoms in total. The Labute approximate surface area is 82.9 Å². The smallest absolute Gasteiger partial charge is 0.317 e. The van der Waals surface area contributed by atoms with Crippen molar-refractivity contribution >= 4 is 11.9 Å². The van der Waals surface area contributed by atoms with E-state index in [1.807, 2.05) is 0 Å². The van der Waals surface area contributed by atoms with Crippen molar-refractivity contribution in [2.24, 2.45) is 11.8 Å². The number of carboxylic acids is 2. The summed E-state index contributed by atoms with van der Waals surface area (Å²) in [5, 5.41) is 17.3. The molecular formula is C10H16O4. The van der Waals surface area contributed by atoms with E-state index in [1.54, 1.807) is 0 Å². The molecule has 0 aliphatic heterocycles. The number of carboxylic acid groups (broad SMARTS) is 2.